The van der Waals surface area contributed by atoms with Crippen LogP contribution in [0.2, 0.25) is 0 Å². The topological polar surface area (TPSA) is 107 Å². The van der Waals surface area contributed by atoms with Crippen LogP contribution in [0.25, 0.3) is 11.1 Å². The van der Waals surface area contributed by atoms with E-state index in [0.717, 1.165) is 22.5 Å². The van der Waals surface area contributed by atoms with Gasteiger partial charge in [0.2, 0.25) is 0 Å². The maximum absolute atomic E-state index is 9.47. The molecule has 2 aromatic rings. The average molecular weight is 859 g/mol. The number of aliphatic hydroxyl groups is 4. The first kappa shape index (κ1) is 39.3. The van der Waals surface area contributed by atoms with Gasteiger partial charge in [-0.2, -0.15) is 24.8 Å². The molecule has 0 aliphatic carbocycles. The Morgan fingerprint density at radius 3 is 1.36 bits per heavy atom. The van der Waals surface area contributed by atoms with Crippen LogP contribution >= 0.6 is 0 Å². The van der Waals surface area contributed by atoms with Crippen LogP contribution in [0.4, 0.5) is 0 Å². The van der Waals surface area contributed by atoms with Gasteiger partial charge >= 0.3 is 0 Å². The predicted molar refractivity (Wildman–Crippen MR) is 138 cm³/mol. The van der Waals surface area contributed by atoms with Crippen LogP contribution in [-0.4, -0.2) is 54.8 Å². The molecule has 2 aromatic heterocycles. The summed E-state index contributed by atoms with van der Waals surface area (Å²) in [4.78, 5) is 8.20. The zero-order chi connectivity index (χ0) is 26.3. The Labute approximate surface area is 245 Å². The number of nitrogens with zero attached hydrogens (tertiary/aromatic N) is 2. The summed E-state index contributed by atoms with van der Waals surface area (Å²) in [5.74, 6) is -1.04. The smallest absolute Gasteiger partial charge is 0.0569 e. The first-order valence-electron chi connectivity index (χ1n) is 11.3. The van der Waals surface area contributed by atoms with Crippen molar-refractivity contribution in [3.05, 3.63) is 85.5 Å². The maximum Gasteiger partial charge on any atom is 0.0569 e. The van der Waals surface area contributed by atoms with Crippen molar-refractivity contribution in [3.63, 3.8) is 0 Å². The molecule has 6 nitrogen and oxygen atoms in total. The van der Waals surface area contributed by atoms with E-state index in [1.54, 1.807) is 40.1 Å². The van der Waals surface area contributed by atoms with Crippen LogP contribution in [0.5, 0.6) is 0 Å². The van der Waals surface area contributed by atoms with Crippen molar-refractivity contribution in [2.45, 2.75) is 66.0 Å². The van der Waals surface area contributed by atoms with Crippen LogP contribution < -0.4 is 0 Å². The Morgan fingerprint density at radius 1 is 0.750 bits per heavy atom. The van der Waals surface area contributed by atoms with Crippen LogP contribution in [-0.2, 0) is 42.1 Å². The van der Waals surface area contributed by atoms with Crippen molar-refractivity contribution >= 4 is 11.1 Å². The predicted octanol–water partition coefficient (Wildman–Crippen LogP) is 4.13. The molecular weight excluding hydrogens is 818 g/mol. The zero-order valence-electron chi connectivity index (χ0n) is 21.8. The third-order valence-electron chi connectivity index (χ3n) is 5.28. The molecule has 2 rings (SSSR count). The third kappa shape index (κ3) is 15.1. The van der Waals surface area contributed by atoms with Gasteiger partial charge in [0.05, 0.1) is 24.4 Å². The molecule has 0 saturated heterocycles. The minimum absolute atomic E-state index is 0. The fourth-order valence-electron chi connectivity index (χ4n) is 3.44. The van der Waals surface area contributed by atoms with Gasteiger partial charge in [0.1, 0.15) is 0 Å². The van der Waals surface area contributed by atoms with Crippen LogP contribution in [0, 0.1) is 24.0 Å². The summed E-state index contributed by atoms with van der Waals surface area (Å²) in [7, 11) is 0. The SMILES string of the molecule is C=[C-]C(=C)c1ccccn1.CC(O)C(C(C)O)C(C(C)O)C(C)O.C[C-]=C(C)c1ccccn1.[Pt].[Pt]. The van der Waals surface area contributed by atoms with Crippen LogP contribution in [0.1, 0.15) is 52.9 Å². The van der Waals surface area contributed by atoms with E-state index in [4.69, 9.17) is 0 Å². The van der Waals surface area contributed by atoms with Gasteiger partial charge in [-0.05, 0) is 45.5 Å². The molecule has 0 radical (unpaired) electrons. The number of pyridine rings is 2. The summed E-state index contributed by atoms with van der Waals surface area (Å²) < 4.78 is 0. The molecular formula is C28H40N2O4Pt2-2. The molecule has 4 unspecified atom stereocenters. The standard InChI is InChI=1S/C10H22O4.C9H10N.C9H8N.2Pt/c1-5(11)9(6(2)12)10(7(3)13)8(4)14;2*1-3-8(2)9-6-4-5-7-10-9;;/h5-14H,1-4H3;4-7H,1-2H3;4-7H,1-2H2;;/q;2*-1;;. The molecule has 36 heavy (non-hydrogen) atoms. The molecule has 0 saturated carbocycles. The second-order valence-corrected chi connectivity index (χ2v) is 8.08. The van der Waals surface area contributed by atoms with Crippen molar-refractivity contribution in [1.29, 1.82) is 0 Å². The first-order chi connectivity index (χ1) is 16.0. The molecule has 2 heterocycles. The molecule has 0 fully saturated rings. The molecule has 0 amide bonds. The largest absolute Gasteiger partial charge is 0.393 e. The Balaban J connectivity index is -0.000000449. The quantitative estimate of drug-likeness (QED) is 0.235. The van der Waals surface area contributed by atoms with Crippen LogP contribution in [0.3, 0.4) is 0 Å². The Kier molecular flexibility index (Phi) is 23.8. The molecule has 0 aliphatic heterocycles. The molecule has 0 aromatic carbocycles. The van der Waals surface area contributed by atoms with Gasteiger partial charge in [0, 0.05) is 66.4 Å². The first-order valence-corrected chi connectivity index (χ1v) is 11.3. The van der Waals surface area contributed by atoms with E-state index in [1.807, 2.05) is 50.2 Å². The summed E-state index contributed by atoms with van der Waals surface area (Å²) in [6.45, 7) is 17.3. The fourth-order valence-corrected chi connectivity index (χ4v) is 3.44. The number of allylic oxidation sites excluding steroid dienone is 4. The fraction of sp³-hybridized carbons (Fsp3) is 0.429. The zero-order valence-corrected chi connectivity index (χ0v) is 26.4. The minimum Gasteiger partial charge on any atom is -0.393 e. The number of hydrogen-bond acceptors (Lipinski definition) is 6. The number of rotatable bonds is 8. The summed E-state index contributed by atoms with van der Waals surface area (Å²) >= 11 is 0. The van der Waals surface area contributed by atoms with Crippen LogP contribution in [0.15, 0.2) is 61.9 Å². The van der Waals surface area contributed by atoms with Crippen molar-refractivity contribution in [3.8, 4) is 0 Å². The Bertz CT molecular complexity index is 787. The van der Waals surface area contributed by atoms with Crippen molar-refractivity contribution in [1.82, 2.24) is 9.97 Å². The van der Waals surface area contributed by atoms with Gasteiger partial charge in [-0.25, -0.2) is 5.57 Å². The van der Waals surface area contributed by atoms with E-state index in [-0.39, 0.29) is 42.1 Å². The third-order valence-corrected chi connectivity index (χ3v) is 5.28. The van der Waals surface area contributed by atoms with E-state index in [0.29, 0.717) is 0 Å². The van der Waals surface area contributed by atoms with E-state index in [1.165, 1.54) is 0 Å². The van der Waals surface area contributed by atoms with Gasteiger partial charge in [-0.3, -0.25) is 6.08 Å². The number of aromatic nitrogens is 2. The van der Waals surface area contributed by atoms with Crippen molar-refractivity contribution in [2.24, 2.45) is 11.8 Å². The van der Waals surface area contributed by atoms with E-state index in [9.17, 15) is 20.4 Å². The van der Waals surface area contributed by atoms with Gasteiger partial charge < -0.3 is 30.4 Å². The minimum atomic E-state index is -0.760. The van der Waals surface area contributed by atoms with Crippen molar-refractivity contribution in [2.75, 3.05) is 0 Å². The van der Waals surface area contributed by atoms with Crippen molar-refractivity contribution < 1.29 is 62.6 Å². The normalized spacial score (nSPS) is 15.3. The molecule has 208 valence electrons. The summed E-state index contributed by atoms with van der Waals surface area (Å²) in [5.41, 5.74) is 3.67. The Morgan fingerprint density at radius 2 is 1.11 bits per heavy atom. The second kappa shape index (κ2) is 21.8. The van der Waals surface area contributed by atoms with Gasteiger partial charge in [0.15, 0.2) is 0 Å². The summed E-state index contributed by atoms with van der Waals surface area (Å²) in [5, 5.41) is 37.9. The molecule has 4 atom stereocenters. The molecule has 0 aliphatic rings. The van der Waals surface area contributed by atoms with E-state index < -0.39 is 36.3 Å². The van der Waals surface area contributed by atoms with Gasteiger partial charge in [-0.15, -0.1) is 13.0 Å². The van der Waals surface area contributed by atoms with E-state index in [2.05, 4.69) is 35.3 Å². The van der Waals surface area contributed by atoms with E-state index >= 15 is 0 Å². The average Bonchev–Trinajstić information content (AvgIpc) is 2.82. The molecule has 0 spiro atoms. The maximum atomic E-state index is 9.47. The summed E-state index contributed by atoms with van der Waals surface area (Å²) in [6, 6.07) is 11.5. The molecule has 0 bridgehead atoms. The van der Waals surface area contributed by atoms with Gasteiger partial charge in [-0.1, -0.05) is 30.8 Å². The number of hydrogen-bond donors (Lipinski definition) is 4. The monoisotopic (exact) mass is 858 g/mol. The second-order valence-electron chi connectivity index (χ2n) is 8.08. The molecule has 4 N–H and O–H groups in total. The summed E-state index contributed by atoms with van der Waals surface area (Å²) in [6.07, 6.45) is 6.18. The Hall–Kier alpha value is -1.26. The number of aliphatic hydroxyl groups excluding tert-OH is 4. The molecule has 8 heteroatoms. The van der Waals surface area contributed by atoms with Gasteiger partial charge in [0.25, 0.3) is 0 Å².